The van der Waals surface area contributed by atoms with E-state index in [1.807, 2.05) is 19.1 Å². The first kappa shape index (κ1) is 9.78. The molecule has 0 saturated heterocycles. The van der Waals surface area contributed by atoms with Crippen molar-refractivity contribution in [3.63, 3.8) is 0 Å². The van der Waals surface area contributed by atoms with E-state index >= 15 is 0 Å². The fourth-order valence-corrected chi connectivity index (χ4v) is 2.46. The Morgan fingerprint density at radius 3 is 2.75 bits per heavy atom. The highest BCUT2D eigenvalue weighted by Gasteiger charge is 2.49. The highest BCUT2D eigenvalue weighted by molar-refractivity contribution is 5.59. The van der Waals surface area contributed by atoms with Crippen molar-refractivity contribution >= 4 is 0 Å². The van der Waals surface area contributed by atoms with Gasteiger partial charge in [0.1, 0.15) is 0 Å². The monoisotopic (exact) mass is 221 g/mol. The van der Waals surface area contributed by atoms with Crippen molar-refractivity contribution in [2.45, 2.75) is 31.2 Å². The van der Waals surface area contributed by atoms with Gasteiger partial charge < -0.3 is 20.3 Å². The molecule has 0 amide bonds. The molecule has 4 nitrogen and oxygen atoms in total. The maximum atomic E-state index is 10.2. The first-order valence-corrected chi connectivity index (χ1v) is 5.53. The molecule has 0 bridgehead atoms. The Hall–Kier alpha value is -1.42. The van der Waals surface area contributed by atoms with Crippen LogP contribution in [0.4, 0.5) is 0 Å². The van der Waals surface area contributed by atoms with E-state index in [9.17, 15) is 5.11 Å². The van der Waals surface area contributed by atoms with Gasteiger partial charge in [-0.3, -0.25) is 0 Å². The molecule has 1 fully saturated rings. The molecule has 1 aliphatic heterocycles. The van der Waals surface area contributed by atoms with Gasteiger partial charge in [0, 0.05) is 17.0 Å². The number of benzene rings is 1. The lowest BCUT2D eigenvalue weighted by molar-refractivity contribution is 0.171. The highest BCUT2D eigenvalue weighted by Crippen LogP contribution is 2.56. The maximum absolute atomic E-state index is 10.2. The lowest BCUT2D eigenvalue weighted by Gasteiger charge is -2.21. The van der Waals surface area contributed by atoms with Crippen molar-refractivity contribution < 1.29 is 14.6 Å². The molecule has 1 heterocycles. The Balaban J connectivity index is 2.10. The number of ether oxygens (including phenoxy) is 2. The number of phenolic OH excluding ortho intramolecular Hbond substituents is 1. The molecule has 2 aliphatic rings. The van der Waals surface area contributed by atoms with Gasteiger partial charge in [0.15, 0.2) is 11.5 Å². The standard InChI is InChI=1S/C12H15NO3/c1-7(13)12(4-5-12)8-2-3-9-11(10(8)14)16-6-15-9/h2-3,7,14H,4-6,13H2,1H3. The molecule has 3 N–H and O–H groups in total. The van der Waals surface area contributed by atoms with Gasteiger partial charge in [-0.1, -0.05) is 6.07 Å². The van der Waals surface area contributed by atoms with Gasteiger partial charge in [-0.15, -0.1) is 0 Å². The van der Waals surface area contributed by atoms with E-state index in [0.717, 1.165) is 18.4 Å². The SMILES string of the molecule is CC(N)C1(c2ccc3c(c2O)OCO3)CC1. The summed E-state index contributed by atoms with van der Waals surface area (Å²) in [6.45, 7) is 2.16. The van der Waals surface area contributed by atoms with Crippen LogP contribution in [0.15, 0.2) is 12.1 Å². The second-order valence-corrected chi connectivity index (χ2v) is 4.64. The molecule has 1 saturated carbocycles. The van der Waals surface area contributed by atoms with Crippen LogP contribution in [-0.4, -0.2) is 17.9 Å². The van der Waals surface area contributed by atoms with Gasteiger partial charge in [0.25, 0.3) is 0 Å². The Kier molecular flexibility index (Phi) is 1.86. The Morgan fingerprint density at radius 1 is 1.38 bits per heavy atom. The predicted octanol–water partition coefficient (Wildman–Crippen LogP) is 1.50. The van der Waals surface area contributed by atoms with Crippen LogP contribution >= 0.6 is 0 Å². The second kappa shape index (κ2) is 3.04. The van der Waals surface area contributed by atoms with E-state index in [-0.39, 0.29) is 24.0 Å². The third kappa shape index (κ3) is 1.13. The molecule has 3 rings (SSSR count). The van der Waals surface area contributed by atoms with E-state index in [0.29, 0.717) is 11.5 Å². The smallest absolute Gasteiger partial charge is 0.231 e. The molecule has 1 aliphatic carbocycles. The summed E-state index contributed by atoms with van der Waals surface area (Å²) in [6, 6.07) is 3.79. The van der Waals surface area contributed by atoms with Crippen molar-refractivity contribution in [2.75, 3.05) is 6.79 Å². The van der Waals surface area contributed by atoms with Crippen LogP contribution in [0.5, 0.6) is 17.2 Å². The second-order valence-electron chi connectivity index (χ2n) is 4.64. The topological polar surface area (TPSA) is 64.7 Å². The number of aromatic hydroxyl groups is 1. The lowest BCUT2D eigenvalue weighted by atomic mass is 9.88. The zero-order valence-electron chi connectivity index (χ0n) is 9.19. The maximum Gasteiger partial charge on any atom is 0.231 e. The van der Waals surface area contributed by atoms with E-state index in [2.05, 4.69) is 0 Å². The third-order valence-corrected chi connectivity index (χ3v) is 3.71. The largest absolute Gasteiger partial charge is 0.504 e. The minimum absolute atomic E-state index is 0.0405. The van der Waals surface area contributed by atoms with Crippen LogP contribution in [0.1, 0.15) is 25.3 Å². The van der Waals surface area contributed by atoms with Crippen molar-refractivity contribution in [1.82, 2.24) is 0 Å². The van der Waals surface area contributed by atoms with E-state index in [1.165, 1.54) is 0 Å². The Morgan fingerprint density at radius 2 is 2.12 bits per heavy atom. The van der Waals surface area contributed by atoms with Gasteiger partial charge >= 0.3 is 0 Å². The Labute approximate surface area is 94.0 Å². The van der Waals surface area contributed by atoms with E-state index in [1.54, 1.807) is 0 Å². The minimum Gasteiger partial charge on any atom is -0.504 e. The average molecular weight is 221 g/mol. The van der Waals surface area contributed by atoms with Crippen molar-refractivity contribution in [1.29, 1.82) is 0 Å². The predicted molar refractivity (Wildman–Crippen MR) is 58.8 cm³/mol. The molecule has 0 aromatic heterocycles. The van der Waals surface area contributed by atoms with E-state index < -0.39 is 0 Å². The zero-order valence-corrected chi connectivity index (χ0v) is 9.19. The number of hydrogen-bond donors (Lipinski definition) is 2. The van der Waals surface area contributed by atoms with Crippen LogP contribution < -0.4 is 15.2 Å². The number of phenols is 1. The lowest BCUT2D eigenvalue weighted by Crippen LogP contribution is -2.31. The first-order valence-electron chi connectivity index (χ1n) is 5.53. The van der Waals surface area contributed by atoms with Crippen LogP contribution in [0, 0.1) is 0 Å². The van der Waals surface area contributed by atoms with Gasteiger partial charge in [-0.2, -0.15) is 0 Å². The molecular formula is C12H15NO3. The number of fused-ring (bicyclic) bond motifs is 1. The van der Waals surface area contributed by atoms with Crippen molar-refractivity contribution in [3.8, 4) is 17.2 Å². The molecule has 4 heteroatoms. The summed E-state index contributed by atoms with van der Waals surface area (Å²) < 4.78 is 10.5. The molecule has 16 heavy (non-hydrogen) atoms. The van der Waals surface area contributed by atoms with Gasteiger partial charge in [0.05, 0.1) is 0 Å². The summed E-state index contributed by atoms with van der Waals surface area (Å²) in [7, 11) is 0. The minimum atomic E-state index is -0.0644. The molecule has 0 spiro atoms. The number of hydrogen-bond acceptors (Lipinski definition) is 4. The zero-order chi connectivity index (χ0) is 11.3. The molecule has 0 radical (unpaired) electrons. The first-order chi connectivity index (χ1) is 7.65. The summed E-state index contributed by atoms with van der Waals surface area (Å²) in [5, 5.41) is 10.2. The third-order valence-electron chi connectivity index (χ3n) is 3.71. The Bertz CT molecular complexity index is 438. The van der Waals surface area contributed by atoms with Crippen molar-refractivity contribution in [2.24, 2.45) is 5.73 Å². The highest BCUT2D eigenvalue weighted by atomic mass is 16.7. The number of rotatable bonds is 2. The molecular weight excluding hydrogens is 206 g/mol. The molecule has 86 valence electrons. The fourth-order valence-electron chi connectivity index (χ4n) is 2.46. The molecule has 1 unspecified atom stereocenters. The van der Waals surface area contributed by atoms with Crippen LogP contribution in [-0.2, 0) is 5.41 Å². The van der Waals surface area contributed by atoms with Crippen LogP contribution in [0.3, 0.4) is 0 Å². The average Bonchev–Trinajstić information content (AvgIpc) is 2.90. The van der Waals surface area contributed by atoms with Gasteiger partial charge in [0.2, 0.25) is 12.5 Å². The fraction of sp³-hybridized carbons (Fsp3) is 0.500. The van der Waals surface area contributed by atoms with Crippen LogP contribution in [0.25, 0.3) is 0 Å². The summed E-state index contributed by atoms with van der Waals surface area (Å²) in [5.41, 5.74) is 6.83. The summed E-state index contributed by atoms with van der Waals surface area (Å²) >= 11 is 0. The molecule has 1 atom stereocenters. The number of nitrogens with two attached hydrogens (primary N) is 1. The van der Waals surface area contributed by atoms with Crippen molar-refractivity contribution in [3.05, 3.63) is 17.7 Å². The van der Waals surface area contributed by atoms with E-state index in [4.69, 9.17) is 15.2 Å². The normalized spacial score (nSPS) is 21.9. The summed E-state index contributed by atoms with van der Waals surface area (Å²) in [5.74, 6) is 1.27. The summed E-state index contributed by atoms with van der Waals surface area (Å²) in [6.07, 6.45) is 2.05. The molecule has 1 aromatic rings. The molecule has 1 aromatic carbocycles. The summed E-state index contributed by atoms with van der Waals surface area (Å²) in [4.78, 5) is 0. The van der Waals surface area contributed by atoms with Gasteiger partial charge in [-0.05, 0) is 25.8 Å². The van der Waals surface area contributed by atoms with Crippen LogP contribution in [0.2, 0.25) is 0 Å². The quantitative estimate of drug-likeness (QED) is 0.794. The van der Waals surface area contributed by atoms with Gasteiger partial charge in [-0.25, -0.2) is 0 Å².